The van der Waals surface area contributed by atoms with Crippen LogP contribution >= 0.6 is 11.8 Å². The van der Waals surface area contributed by atoms with Crippen LogP contribution in [0.2, 0.25) is 0 Å². The van der Waals surface area contributed by atoms with Crippen LogP contribution in [0.1, 0.15) is 5.89 Å². The first-order valence-electron chi connectivity index (χ1n) is 4.10. The Kier molecular flexibility index (Phi) is 2.49. The van der Waals surface area contributed by atoms with Crippen molar-refractivity contribution in [1.29, 1.82) is 0 Å². The van der Waals surface area contributed by atoms with Gasteiger partial charge in [0, 0.05) is 13.1 Å². The summed E-state index contributed by atoms with van der Waals surface area (Å²) in [7, 11) is 0. The van der Waals surface area contributed by atoms with Gasteiger partial charge in [0.05, 0.1) is 5.56 Å². The third-order valence-corrected chi connectivity index (χ3v) is 2.43. The van der Waals surface area contributed by atoms with Crippen molar-refractivity contribution in [2.24, 2.45) is 0 Å². The van der Waals surface area contributed by atoms with E-state index >= 15 is 0 Å². The molecule has 0 N–H and O–H groups in total. The number of nitrogens with zero attached hydrogens (tertiary/aromatic N) is 3. The lowest BCUT2D eigenvalue weighted by atomic mass is 10.3. The number of hydrogen-bond donors (Lipinski definition) is 0. The summed E-state index contributed by atoms with van der Waals surface area (Å²) in [5.74, 6) is 1.09. The van der Waals surface area contributed by atoms with Gasteiger partial charge in [-0.1, -0.05) is 0 Å². The molecule has 14 heavy (non-hydrogen) atoms. The van der Waals surface area contributed by atoms with Gasteiger partial charge in [0.2, 0.25) is 11.8 Å². The Morgan fingerprint density at radius 2 is 2.21 bits per heavy atom. The average Bonchev–Trinajstić information content (AvgIpc) is 2.65. The summed E-state index contributed by atoms with van der Waals surface area (Å²) >= 11 is 1.56. The van der Waals surface area contributed by atoms with E-state index in [0.29, 0.717) is 11.8 Å². The minimum Gasteiger partial charge on any atom is -0.421 e. The molecule has 5 heteroatoms. The molecular weight excluding hydrogens is 198 g/mol. The van der Waals surface area contributed by atoms with Crippen molar-refractivity contribution in [2.45, 2.75) is 11.9 Å². The largest absolute Gasteiger partial charge is 0.421 e. The van der Waals surface area contributed by atoms with Crippen molar-refractivity contribution in [3.05, 3.63) is 24.2 Å². The molecule has 0 saturated carbocycles. The highest BCUT2D eigenvalue weighted by Gasteiger charge is 2.10. The molecule has 4 nitrogen and oxygen atoms in total. The number of aryl methyl sites for hydroxylation is 1. The van der Waals surface area contributed by atoms with Crippen LogP contribution in [0.15, 0.2) is 27.8 Å². The topological polar surface area (TPSA) is 51.8 Å². The molecule has 0 aliphatic rings. The Bertz CT molecular complexity index is 441. The molecule has 0 bridgehead atoms. The van der Waals surface area contributed by atoms with Crippen LogP contribution in [0.4, 0.5) is 0 Å². The minimum atomic E-state index is 0.528. The summed E-state index contributed by atoms with van der Waals surface area (Å²) in [5, 5.41) is 8.64. The molecular formula is C9H9N3OS. The summed E-state index contributed by atoms with van der Waals surface area (Å²) in [6.45, 7) is 1.77. The standard InChI is InChI=1S/C9H9N3OS/c1-6-11-12-8(13-6)7-4-3-5-10-9(7)14-2/h3-5H,1-2H3. The van der Waals surface area contributed by atoms with Gasteiger partial charge in [-0.05, 0) is 18.4 Å². The van der Waals surface area contributed by atoms with Crippen LogP contribution < -0.4 is 0 Å². The lowest BCUT2D eigenvalue weighted by Crippen LogP contribution is -1.85. The van der Waals surface area contributed by atoms with Gasteiger partial charge in [0.1, 0.15) is 5.03 Å². The molecule has 0 atom stereocenters. The monoisotopic (exact) mass is 207 g/mol. The predicted molar refractivity (Wildman–Crippen MR) is 54.0 cm³/mol. The van der Waals surface area contributed by atoms with Crippen LogP contribution in [0.25, 0.3) is 11.5 Å². The van der Waals surface area contributed by atoms with Gasteiger partial charge in [0.25, 0.3) is 0 Å². The summed E-state index contributed by atoms with van der Waals surface area (Å²) in [6.07, 6.45) is 3.72. The van der Waals surface area contributed by atoms with Gasteiger partial charge < -0.3 is 4.42 Å². The van der Waals surface area contributed by atoms with Crippen molar-refractivity contribution < 1.29 is 4.42 Å². The molecule has 0 saturated heterocycles. The number of rotatable bonds is 2. The zero-order valence-corrected chi connectivity index (χ0v) is 8.71. The second-order valence-corrected chi connectivity index (χ2v) is 3.48. The molecule has 2 aromatic heterocycles. The van der Waals surface area contributed by atoms with Crippen molar-refractivity contribution in [1.82, 2.24) is 15.2 Å². The smallest absolute Gasteiger partial charge is 0.250 e. The Hall–Kier alpha value is -1.36. The fourth-order valence-electron chi connectivity index (χ4n) is 1.12. The molecule has 0 spiro atoms. The van der Waals surface area contributed by atoms with Gasteiger partial charge in [-0.25, -0.2) is 4.98 Å². The molecule has 2 heterocycles. The number of hydrogen-bond acceptors (Lipinski definition) is 5. The minimum absolute atomic E-state index is 0.528. The van der Waals surface area contributed by atoms with E-state index in [4.69, 9.17) is 4.42 Å². The lowest BCUT2D eigenvalue weighted by Gasteiger charge is -1.99. The summed E-state index contributed by atoms with van der Waals surface area (Å²) in [5.41, 5.74) is 0.889. The van der Waals surface area contributed by atoms with Crippen molar-refractivity contribution in [3.63, 3.8) is 0 Å². The van der Waals surface area contributed by atoms with E-state index in [0.717, 1.165) is 10.6 Å². The SMILES string of the molecule is CSc1ncccc1-c1nnc(C)o1. The van der Waals surface area contributed by atoms with Crippen molar-refractivity contribution in [2.75, 3.05) is 6.26 Å². The maximum absolute atomic E-state index is 5.34. The third-order valence-electron chi connectivity index (χ3n) is 1.72. The normalized spacial score (nSPS) is 10.4. The molecule has 0 aliphatic heterocycles. The van der Waals surface area contributed by atoms with E-state index in [1.165, 1.54) is 0 Å². The third kappa shape index (κ3) is 1.63. The number of thioether (sulfide) groups is 1. The first kappa shape index (κ1) is 9.21. The van der Waals surface area contributed by atoms with E-state index in [9.17, 15) is 0 Å². The molecule has 0 aromatic carbocycles. The molecule has 2 aromatic rings. The van der Waals surface area contributed by atoms with Crippen LogP contribution in [-0.2, 0) is 0 Å². The van der Waals surface area contributed by atoms with Crippen molar-refractivity contribution in [3.8, 4) is 11.5 Å². The molecule has 0 fully saturated rings. The summed E-state index contributed by atoms with van der Waals surface area (Å²) in [6, 6.07) is 3.78. The second kappa shape index (κ2) is 3.79. The summed E-state index contributed by atoms with van der Waals surface area (Å²) in [4.78, 5) is 4.22. The Morgan fingerprint density at radius 1 is 1.36 bits per heavy atom. The van der Waals surface area contributed by atoms with Crippen molar-refractivity contribution >= 4 is 11.8 Å². The Morgan fingerprint density at radius 3 is 2.86 bits per heavy atom. The van der Waals surface area contributed by atoms with Gasteiger partial charge in [0.15, 0.2) is 0 Å². The molecule has 2 rings (SSSR count). The fourth-order valence-corrected chi connectivity index (χ4v) is 1.66. The maximum atomic E-state index is 5.34. The first-order valence-corrected chi connectivity index (χ1v) is 5.33. The molecule has 0 unspecified atom stereocenters. The van der Waals surface area contributed by atoms with Crippen LogP contribution in [0, 0.1) is 6.92 Å². The van der Waals surface area contributed by atoms with Gasteiger partial charge >= 0.3 is 0 Å². The molecule has 72 valence electrons. The highest BCUT2D eigenvalue weighted by Crippen LogP contribution is 2.26. The van der Waals surface area contributed by atoms with Gasteiger partial charge in [-0.15, -0.1) is 22.0 Å². The maximum Gasteiger partial charge on any atom is 0.250 e. The van der Waals surface area contributed by atoms with E-state index in [-0.39, 0.29) is 0 Å². The van der Waals surface area contributed by atoms with E-state index in [1.54, 1.807) is 24.9 Å². The molecule has 0 amide bonds. The molecule has 0 aliphatic carbocycles. The van der Waals surface area contributed by atoms with E-state index < -0.39 is 0 Å². The van der Waals surface area contributed by atoms with E-state index in [2.05, 4.69) is 15.2 Å². The van der Waals surface area contributed by atoms with Crippen LogP contribution in [-0.4, -0.2) is 21.4 Å². The van der Waals surface area contributed by atoms with Crippen LogP contribution in [0.3, 0.4) is 0 Å². The Balaban J connectivity index is 2.50. The highest BCUT2D eigenvalue weighted by molar-refractivity contribution is 7.98. The van der Waals surface area contributed by atoms with E-state index in [1.807, 2.05) is 18.4 Å². The average molecular weight is 207 g/mol. The summed E-state index contributed by atoms with van der Waals surface area (Å²) < 4.78 is 5.34. The quantitative estimate of drug-likeness (QED) is 0.706. The fraction of sp³-hybridized carbons (Fsp3) is 0.222. The first-order chi connectivity index (χ1) is 6.81. The van der Waals surface area contributed by atoms with Crippen LogP contribution in [0.5, 0.6) is 0 Å². The Labute approximate surface area is 85.8 Å². The zero-order valence-electron chi connectivity index (χ0n) is 7.89. The number of aromatic nitrogens is 3. The number of pyridine rings is 1. The van der Waals surface area contributed by atoms with Gasteiger partial charge in [-0.2, -0.15) is 0 Å². The van der Waals surface area contributed by atoms with Gasteiger partial charge in [-0.3, -0.25) is 0 Å². The highest BCUT2D eigenvalue weighted by atomic mass is 32.2. The molecule has 0 radical (unpaired) electrons. The predicted octanol–water partition coefficient (Wildman–Crippen LogP) is 2.16. The second-order valence-electron chi connectivity index (χ2n) is 2.69. The zero-order chi connectivity index (χ0) is 9.97. The lowest BCUT2D eigenvalue weighted by molar-refractivity contribution is 0.531.